The van der Waals surface area contributed by atoms with E-state index in [0.717, 1.165) is 39.9 Å². The van der Waals surface area contributed by atoms with Gasteiger partial charge in [-0.15, -0.1) is 0 Å². The van der Waals surface area contributed by atoms with Crippen molar-refractivity contribution in [1.29, 1.82) is 0 Å². The van der Waals surface area contributed by atoms with E-state index in [2.05, 4.69) is 60.7 Å². The van der Waals surface area contributed by atoms with Crippen molar-refractivity contribution in [2.75, 3.05) is 0 Å². The summed E-state index contributed by atoms with van der Waals surface area (Å²) < 4.78 is 5.82. The smallest absolute Gasteiger partial charge is 0.322 e. The van der Waals surface area contributed by atoms with E-state index in [0.29, 0.717) is 18.3 Å². The summed E-state index contributed by atoms with van der Waals surface area (Å²) in [5.74, 6) is 0.929. The van der Waals surface area contributed by atoms with Gasteiger partial charge in [0.15, 0.2) is 0 Å². The molecular formula is C30H30N4O2. The third-order valence-electron chi connectivity index (χ3n) is 6.71. The number of amides is 2. The Kier molecular flexibility index (Phi) is 6.42. The topological polar surface area (TPSA) is 71.3 Å². The lowest BCUT2D eigenvalue weighted by molar-refractivity contribution is 0.203. The van der Waals surface area contributed by atoms with Crippen LogP contribution in [0.2, 0.25) is 0 Å². The molecule has 0 spiro atoms. The number of carbonyl (C=O) groups excluding carboxylic acids is 1. The number of nitrogens with zero attached hydrogens (tertiary/aromatic N) is 3. The molecule has 6 nitrogen and oxygen atoms in total. The van der Waals surface area contributed by atoms with Crippen molar-refractivity contribution in [2.45, 2.75) is 46.7 Å². The molecule has 0 fully saturated rings. The zero-order chi connectivity index (χ0) is 25.2. The largest absolute Gasteiger partial charge is 0.334 e. The van der Waals surface area contributed by atoms with Crippen LogP contribution in [0.3, 0.4) is 0 Å². The molecule has 2 heterocycles. The number of urea groups is 1. The lowest BCUT2D eigenvalue weighted by atomic mass is 9.93. The Bertz CT molecular complexity index is 1420. The van der Waals surface area contributed by atoms with E-state index in [-0.39, 0.29) is 6.03 Å². The summed E-state index contributed by atoms with van der Waals surface area (Å²) in [4.78, 5) is 19.9. The molecule has 1 atom stereocenters. The Morgan fingerprint density at radius 3 is 2.33 bits per heavy atom. The molecule has 3 aromatic carbocycles. The van der Waals surface area contributed by atoms with E-state index in [1.54, 1.807) is 4.90 Å². The second-order valence-corrected chi connectivity index (χ2v) is 9.34. The highest BCUT2D eigenvalue weighted by Crippen LogP contribution is 2.38. The average Bonchev–Trinajstić information content (AvgIpc) is 3.37. The summed E-state index contributed by atoms with van der Waals surface area (Å²) >= 11 is 0. The predicted octanol–water partition coefficient (Wildman–Crippen LogP) is 6.61. The summed E-state index contributed by atoms with van der Waals surface area (Å²) in [5.41, 5.74) is 8.05. The summed E-state index contributed by atoms with van der Waals surface area (Å²) in [6, 6.07) is 24.0. The highest BCUT2D eigenvalue weighted by Gasteiger charge is 2.35. The maximum Gasteiger partial charge on any atom is 0.322 e. The minimum Gasteiger partial charge on any atom is -0.334 e. The molecule has 4 aromatic rings. The molecule has 36 heavy (non-hydrogen) atoms. The first-order valence-corrected chi connectivity index (χ1v) is 12.3. The van der Waals surface area contributed by atoms with Crippen molar-refractivity contribution in [3.05, 3.63) is 112 Å². The third kappa shape index (κ3) is 4.67. The molecule has 1 unspecified atom stereocenters. The molecule has 5 rings (SSSR count). The lowest BCUT2D eigenvalue weighted by Crippen LogP contribution is -2.45. The van der Waals surface area contributed by atoms with Crippen molar-refractivity contribution < 1.29 is 9.32 Å². The van der Waals surface area contributed by atoms with E-state index in [9.17, 15) is 4.79 Å². The van der Waals surface area contributed by atoms with Gasteiger partial charge in [-0.25, -0.2) is 4.79 Å². The van der Waals surface area contributed by atoms with Crippen LogP contribution >= 0.6 is 0 Å². The van der Waals surface area contributed by atoms with Gasteiger partial charge in [-0.1, -0.05) is 89.9 Å². The van der Waals surface area contributed by atoms with Crippen LogP contribution in [-0.4, -0.2) is 21.1 Å². The molecule has 0 bridgehead atoms. The molecule has 2 amide bonds. The van der Waals surface area contributed by atoms with Gasteiger partial charge in [0.25, 0.3) is 5.89 Å². The Hall–Kier alpha value is -4.19. The van der Waals surface area contributed by atoms with Gasteiger partial charge >= 0.3 is 6.03 Å². The normalized spacial score (nSPS) is 15.8. The Morgan fingerprint density at radius 1 is 0.917 bits per heavy atom. The van der Waals surface area contributed by atoms with E-state index >= 15 is 0 Å². The van der Waals surface area contributed by atoms with Crippen LogP contribution in [0, 0.1) is 13.8 Å². The summed E-state index contributed by atoms with van der Waals surface area (Å²) in [6.07, 6.45) is 0.951. The molecule has 6 heteroatoms. The zero-order valence-electron chi connectivity index (χ0n) is 21.1. The second kappa shape index (κ2) is 9.82. The van der Waals surface area contributed by atoms with Crippen molar-refractivity contribution in [3.63, 3.8) is 0 Å². The van der Waals surface area contributed by atoms with Gasteiger partial charge in [-0.05, 0) is 49.9 Å². The lowest BCUT2D eigenvalue weighted by Gasteiger charge is -2.35. The van der Waals surface area contributed by atoms with Crippen LogP contribution < -0.4 is 5.32 Å². The number of hydrogen-bond donors (Lipinski definition) is 1. The minimum absolute atomic E-state index is 0.153. The van der Waals surface area contributed by atoms with E-state index in [1.807, 2.05) is 50.2 Å². The first-order valence-electron chi connectivity index (χ1n) is 12.3. The molecule has 0 aliphatic carbocycles. The van der Waals surface area contributed by atoms with Crippen LogP contribution in [0.5, 0.6) is 0 Å². The Morgan fingerprint density at radius 2 is 1.64 bits per heavy atom. The van der Waals surface area contributed by atoms with Crippen LogP contribution in [-0.2, 0) is 13.0 Å². The number of benzene rings is 3. The van der Waals surface area contributed by atoms with E-state index < -0.39 is 6.04 Å². The van der Waals surface area contributed by atoms with Gasteiger partial charge in [0.1, 0.15) is 0 Å². The third-order valence-corrected chi connectivity index (χ3v) is 6.71. The average molecular weight is 479 g/mol. The second-order valence-electron chi connectivity index (χ2n) is 9.34. The number of nitrogens with one attached hydrogen (secondary N) is 1. The van der Waals surface area contributed by atoms with Crippen LogP contribution in [0.1, 0.15) is 53.6 Å². The van der Waals surface area contributed by atoms with Crippen LogP contribution in [0.15, 0.2) is 83.0 Å². The highest BCUT2D eigenvalue weighted by atomic mass is 16.5. The zero-order valence-corrected chi connectivity index (χ0v) is 21.1. The van der Waals surface area contributed by atoms with Crippen molar-refractivity contribution in [2.24, 2.45) is 0 Å². The summed E-state index contributed by atoms with van der Waals surface area (Å²) in [6.45, 7) is 8.61. The number of allylic oxidation sites excluding steroid dienone is 1. The van der Waals surface area contributed by atoms with Crippen molar-refractivity contribution >= 4 is 11.6 Å². The van der Waals surface area contributed by atoms with Gasteiger partial charge in [-0.2, -0.15) is 4.98 Å². The molecule has 1 aliphatic heterocycles. The van der Waals surface area contributed by atoms with Gasteiger partial charge < -0.3 is 9.84 Å². The highest BCUT2D eigenvalue weighted by molar-refractivity contribution is 5.86. The molecule has 0 radical (unpaired) electrons. The van der Waals surface area contributed by atoms with E-state index in [4.69, 9.17) is 9.51 Å². The molecule has 0 saturated carbocycles. The molecule has 1 aliphatic rings. The molecule has 1 aromatic heterocycles. The maximum absolute atomic E-state index is 13.3. The van der Waals surface area contributed by atoms with Gasteiger partial charge in [-0.3, -0.25) is 4.90 Å². The molecular weight excluding hydrogens is 448 g/mol. The fourth-order valence-corrected chi connectivity index (χ4v) is 4.55. The van der Waals surface area contributed by atoms with Crippen LogP contribution in [0.4, 0.5) is 4.79 Å². The van der Waals surface area contributed by atoms with Gasteiger partial charge in [0, 0.05) is 11.3 Å². The standard InChI is InChI=1S/C30H30N4O2/c1-5-22-13-15-24(16-14-22)27-26(29-32-28(33-36-29)25-8-6-7-20(3)17-25)21(4)34(30(35)31-27)18-23-11-9-19(2)10-12-23/h6-17,27H,5,18H2,1-4H3,(H,31,35). The van der Waals surface area contributed by atoms with Gasteiger partial charge in [0.05, 0.1) is 18.2 Å². The number of carbonyl (C=O) groups is 1. The fourth-order valence-electron chi connectivity index (χ4n) is 4.55. The SMILES string of the molecule is CCc1ccc(C2NC(=O)N(Cc3ccc(C)cc3)C(C)=C2c2nc(-c3cccc(C)c3)no2)cc1. The fraction of sp³-hybridized carbons (Fsp3) is 0.233. The van der Waals surface area contributed by atoms with Gasteiger partial charge in [0.2, 0.25) is 5.82 Å². The minimum atomic E-state index is -0.400. The monoisotopic (exact) mass is 478 g/mol. The molecule has 1 N–H and O–H groups in total. The number of aromatic nitrogens is 2. The quantitative estimate of drug-likeness (QED) is 0.338. The number of aryl methyl sites for hydroxylation is 3. The Labute approximate surface area is 211 Å². The number of hydrogen-bond acceptors (Lipinski definition) is 4. The molecule has 182 valence electrons. The molecule has 0 saturated heterocycles. The first kappa shape index (κ1) is 23.5. The van der Waals surface area contributed by atoms with E-state index in [1.165, 1.54) is 11.1 Å². The van der Waals surface area contributed by atoms with Crippen molar-refractivity contribution in [3.8, 4) is 11.4 Å². The van der Waals surface area contributed by atoms with Crippen LogP contribution in [0.25, 0.3) is 17.0 Å². The summed E-state index contributed by atoms with van der Waals surface area (Å²) in [7, 11) is 0. The first-order chi connectivity index (χ1) is 17.4. The predicted molar refractivity (Wildman–Crippen MR) is 141 cm³/mol. The number of rotatable bonds is 6. The van der Waals surface area contributed by atoms with Crippen molar-refractivity contribution in [1.82, 2.24) is 20.4 Å². The maximum atomic E-state index is 13.3. The summed E-state index contributed by atoms with van der Waals surface area (Å²) in [5, 5.41) is 7.47. The Balaban J connectivity index is 1.59.